The summed E-state index contributed by atoms with van der Waals surface area (Å²) in [4.78, 5) is 12.0. The maximum Gasteiger partial charge on any atom is 0.436 e. The molecule has 0 spiro atoms. The summed E-state index contributed by atoms with van der Waals surface area (Å²) in [5.74, 6) is -1.32. The van der Waals surface area contributed by atoms with Crippen molar-refractivity contribution in [2.75, 3.05) is 5.32 Å². The summed E-state index contributed by atoms with van der Waals surface area (Å²) in [6.45, 7) is 0. The molecule has 0 unspecified atom stereocenters. The van der Waals surface area contributed by atoms with Crippen molar-refractivity contribution in [1.82, 2.24) is 9.78 Å². The zero-order valence-electron chi connectivity index (χ0n) is 11.8. The third-order valence-corrected chi connectivity index (χ3v) is 3.35. The fraction of sp³-hybridized carbons (Fsp3) is 0.231. The van der Waals surface area contributed by atoms with Crippen LogP contribution < -0.4 is 5.32 Å². The van der Waals surface area contributed by atoms with Gasteiger partial charge in [0.2, 0.25) is 0 Å². The zero-order chi connectivity index (χ0) is 18.3. The average molecular weight is 372 g/mol. The van der Waals surface area contributed by atoms with E-state index in [4.69, 9.17) is 11.6 Å². The van der Waals surface area contributed by atoms with E-state index in [9.17, 15) is 31.1 Å². The van der Waals surface area contributed by atoms with E-state index in [1.807, 2.05) is 5.32 Å². The molecule has 130 valence electrons. The lowest BCUT2D eigenvalue weighted by atomic mass is 10.1. The fourth-order valence-corrected chi connectivity index (χ4v) is 2.08. The molecule has 1 heterocycles. The van der Waals surface area contributed by atoms with Gasteiger partial charge in [-0.05, 0) is 18.2 Å². The van der Waals surface area contributed by atoms with E-state index in [1.54, 1.807) is 0 Å². The standard InChI is InChI=1S/C13H8ClF6N3O/c1-23-10(14)8(9(22-23)13(18,19)20)11(24)21-7-4-2-3-6(5-7)12(15,16)17/h2-5H,1H3,(H,21,24). The lowest BCUT2D eigenvalue weighted by Crippen LogP contribution is -2.18. The SMILES string of the molecule is Cn1nc(C(F)(F)F)c(C(=O)Nc2cccc(C(F)(F)F)c2)c1Cl. The summed E-state index contributed by atoms with van der Waals surface area (Å²) in [6.07, 6.45) is -9.62. The van der Waals surface area contributed by atoms with Crippen LogP contribution in [-0.2, 0) is 19.4 Å². The van der Waals surface area contributed by atoms with Gasteiger partial charge in [0.1, 0.15) is 10.7 Å². The Labute approximate surface area is 136 Å². The van der Waals surface area contributed by atoms with Crippen LogP contribution in [0.4, 0.5) is 32.0 Å². The molecule has 24 heavy (non-hydrogen) atoms. The minimum absolute atomic E-state index is 0.331. The Hall–Kier alpha value is -2.23. The third kappa shape index (κ3) is 3.64. The highest BCUT2D eigenvalue weighted by Crippen LogP contribution is 2.35. The molecule has 2 rings (SSSR count). The van der Waals surface area contributed by atoms with Crippen LogP contribution in [0.1, 0.15) is 21.6 Å². The number of aromatic nitrogens is 2. The van der Waals surface area contributed by atoms with Crippen molar-refractivity contribution < 1.29 is 31.1 Å². The van der Waals surface area contributed by atoms with Gasteiger partial charge in [0.05, 0.1) is 5.56 Å². The van der Waals surface area contributed by atoms with E-state index in [1.165, 1.54) is 0 Å². The van der Waals surface area contributed by atoms with Crippen LogP contribution in [0.5, 0.6) is 0 Å². The minimum Gasteiger partial charge on any atom is -0.322 e. The summed E-state index contributed by atoms with van der Waals surface area (Å²) >= 11 is 5.64. The zero-order valence-corrected chi connectivity index (χ0v) is 12.5. The highest BCUT2D eigenvalue weighted by atomic mass is 35.5. The Morgan fingerprint density at radius 3 is 2.33 bits per heavy atom. The molecule has 2 aromatic rings. The second-order valence-corrected chi connectivity index (χ2v) is 5.03. The van der Waals surface area contributed by atoms with Crippen LogP contribution in [0.25, 0.3) is 0 Å². The predicted molar refractivity (Wildman–Crippen MR) is 72.6 cm³/mol. The van der Waals surface area contributed by atoms with Gasteiger partial charge in [-0.2, -0.15) is 31.4 Å². The second-order valence-electron chi connectivity index (χ2n) is 4.67. The third-order valence-electron chi connectivity index (χ3n) is 2.92. The van der Waals surface area contributed by atoms with Crippen LogP contribution >= 0.6 is 11.6 Å². The van der Waals surface area contributed by atoms with Crippen molar-refractivity contribution in [1.29, 1.82) is 0 Å². The van der Waals surface area contributed by atoms with E-state index in [0.29, 0.717) is 10.7 Å². The molecule has 0 saturated heterocycles. The first-order valence-electron chi connectivity index (χ1n) is 6.19. The van der Waals surface area contributed by atoms with Gasteiger partial charge in [-0.15, -0.1) is 0 Å². The number of halogens is 7. The Kier molecular flexibility index (Phi) is 4.53. The summed E-state index contributed by atoms with van der Waals surface area (Å²) in [5, 5.41) is 4.49. The first kappa shape index (κ1) is 18.1. The van der Waals surface area contributed by atoms with E-state index in [2.05, 4.69) is 5.10 Å². The molecule has 0 saturated carbocycles. The van der Waals surface area contributed by atoms with Gasteiger partial charge in [-0.25, -0.2) is 0 Å². The van der Waals surface area contributed by atoms with Gasteiger partial charge in [-0.3, -0.25) is 9.48 Å². The van der Waals surface area contributed by atoms with Crippen molar-refractivity contribution in [2.24, 2.45) is 7.05 Å². The molecule has 1 aromatic carbocycles. The molecule has 0 radical (unpaired) electrons. The summed E-state index contributed by atoms with van der Waals surface area (Å²) < 4.78 is 77.2. The molecule has 1 amide bonds. The molecule has 0 aliphatic heterocycles. The number of nitrogens with zero attached hydrogens (tertiary/aromatic N) is 2. The van der Waals surface area contributed by atoms with Gasteiger partial charge in [0, 0.05) is 12.7 Å². The van der Waals surface area contributed by atoms with Crippen molar-refractivity contribution in [3.05, 3.63) is 46.2 Å². The predicted octanol–water partition coefficient (Wildman–Crippen LogP) is 4.36. The van der Waals surface area contributed by atoms with E-state index in [-0.39, 0.29) is 5.69 Å². The maximum atomic E-state index is 12.9. The van der Waals surface area contributed by atoms with E-state index in [0.717, 1.165) is 25.2 Å². The normalized spacial score (nSPS) is 12.3. The van der Waals surface area contributed by atoms with Crippen molar-refractivity contribution in [3.8, 4) is 0 Å². The van der Waals surface area contributed by atoms with Gasteiger partial charge in [0.25, 0.3) is 5.91 Å². The van der Waals surface area contributed by atoms with Crippen LogP contribution in [0, 0.1) is 0 Å². The molecule has 0 atom stereocenters. The molecule has 0 aliphatic carbocycles. The van der Waals surface area contributed by atoms with Crippen molar-refractivity contribution in [3.63, 3.8) is 0 Å². The van der Waals surface area contributed by atoms with Gasteiger partial charge in [0.15, 0.2) is 5.69 Å². The molecule has 11 heteroatoms. The van der Waals surface area contributed by atoms with Gasteiger partial charge >= 0.3 is 12.4 Å². The Bertz CT molecular complexity index is 781. The number of carbonyl (C=O) groups excluding carboxylic acids is 1. The molecule has 4 nitrogen and oxygen atoms in total. The Balaban J connectivity index is 2.38. The van der Waals surface area contributed by atoms with Crippen LogP contribution in [0.2, 0.25) is 5.15 Å². The number of rotatable bonds is 2. The van der Waals surface area contributed by atoms with E-state index < -0.39 is 40.2 Å². The number of alkyl halides is 6. The van der Waals surface area contributed by atoms with Crippen LogP contribution in [-0.4, -0.2) is 15.7 Å². The van der Waals surface area contributed by atoms with Crippen LogP contribution in [0.3, 0.4) is 0 Å². The topological polar surface area (TPSA) is 46.9 Å². The molecular formula is C13H8ClF6N3O. The Morgan fingerprint density at radius 1 is 1.17 bits per heavy atom. The summed E-state index contributed by atoms with van der Waals surface area (Å²) in [6, 6.07) is 3.46. The lowest BCUT2D eigenvalue weighted by molar-refractivity contribution is -0.141. The second kappa shape index (κ2) is 6.00. The number of carbonyl (C=O) groups is 1. The molecule has 1 N–H and O–H groups in total. The molecular weight excluding hydrogens is 364 g/mol. The molecule has 0 fully saturated rings. The number of aryl methyl sites for hydroxylation is 1. The molecule has 0 bridgehead atoms. The summed E-state index contributed by atoms with van der Waals surface area (Å²) in [7, 11) is 1.10. The quantitative estimate of drug-likeness (QED) is 0.797. The fourth-order valence-electron chi connectivity index (χ4n) is 1.87. The number of nitrogens with one attached hydrogen (secondary N) is 1. The van der Waals surface area contributed by atoms with E-state index >= 15 is 0 Å². The number of benzene rings is 1. The number of hydrogen-bond acceptors (Lipinski definition) is 2. The lowest BCUT2D eigenvalue weighted by Gasteiger charge is -2.10. The summed E-state index contributed by atoms with van der Waals surface area (Å²) in [5.41, 5.74) is -3.89. The smallest absolute Gasteiger partial charge is 0.322 e. The van der Waals surface area contributed by atoms with Gasteiger partial charge < -0.3 is 5.32 Å². The van der Waals surface area contributed by atoms with Crippen molar-refractivity contribution >= 4 is 23.2 Å². The first-order valence-corrected chi connectivity index (χ1v) is 6.57. The minimum atomic E-state index is -4.95. The highest BCUT2D eigenvalue weighted by molar-refractivity contribution is 6.33. The maximum absolute atomic E-state index is 12.9. The highest BCUT2D eigenvalue weighted by Gasteiger charge is 2.41. The number of anilines is 1. The molecule has 0 aliphatic rings. The monoisotopic (exact) mass is 371 g/mol. The largest absolute Gasteiger partial charge is 0.436 e. The van der Waals surface area contributed by atoms with Crippen LogP contribution in [0.15, 0.2) is 24.3 Å². The van der Waals surface area contributed by atoms with Crippen molar-refractivity contribution in [2.45, 2.75) is 12.4 Å². The average Bonchev–Trinajstić information content (AvgIpc) is 2.74. The van der Waals surface area contributed by atoms with Gasteiger partial charge in [-0.1, -0.05) is 17.7 Å². The Morgan fingerprint density at radius 2 is 1.79 bits per heavy atom. The molecule has 1 aromatic heterocycles. The first-order chi connectivity index (χ1) is 10.9. The number of amides is 1. The number of hydrogen-bond donors (Lipinski definition) is 1.